The number of carboxylic acids is 1. The molecule has 19 heavy (non-hydrogen) atoms. The predicted molar refractivity (Wildman–Crippen MR) is 77.6 cm³/mol. The van der Waals surface area contributed by atoms with Crippen molar-refractivity contribution in [3.8, 4) is 0 Å². The lowest BCUT2D eigenvalue weighted by Gasteiger charge is -2.28. The van der Waals surface area contributed by atoms with Crippen molar-refractivity contribution in [2.45, 2.75) is 32.2 Å². The van der Waals surface area contributed by atoms with Gasteiger partial charge in [-0.1, -0.05) is 41.4 Å². The molecule has 0 aliphatic heterocycles. The van der Waals surface area contributed by atoms with Crippen LogP contribution in [0, 0.1) is 0 Å². The minimum Gasteiger partial charge on any atom is -0.480 e. The Labute approximate surface area is 125 Å². The molecule has 1 rings (SSSR count). The maximum absolute atomic E-state index is 12.1. The number of aliphatic carboxylic acids is 1. The summed E-state index contributed by atoms with van der Waals surface area (Å²) in [5.74, 6) is -1.53. The first-order valence-corrected chi connectivity index (χ1v) is 7.04. The van der Waals surface area contributed by atoms with Crippen LogP contribution >= 0.6 is 27.5 Å². The van der Waals surface area contributed by atoms with Gasteiger partial charge in [0.05, 0.1) is 10.6 Å². The molecule has 0 aromatic heterocycles. The molecule has 0 saturated carbocycles. The van der Waals surface area contributed by atoms with Crippen LogP contribution in [0.4, 0.5) is 0 Å². The van der Waals surface area contributed by atoms with Gasteiger partial charge in [0.2, 0.25) is 0 Å². The van der Waals surface area contributed by atoms with E-state index in [1.165, 1.54) is 0 Å². The monoisotopic (exact) mass is 347 g/mol. The van der Waals surface area contributed by atoms with Gasteiger partial charge in [-0.15, -0.1) is 0 Å². The van der Waals surface area contributed by atoms with Crippen LogP contribution < -0.4 is 5.32 Å². The van der Waals surface area contributed by atoms with E-state index >= 15 is 0 Å². The van der Waals surface area contributed by atoms with Gasteiger partial charge in [0, 0.05) is 4.47 Å². The van der Waals surface area contributed by atoms with Gasteiger partial charge in [0.15, 0.2) is 0 Å². The van der Waals surface area contributed by atoms with Gasteiger partial charge in [-0.2, -0.15) is 0 Å². The van der Waals surface area contributed by atoms with Gasteiger partial charge < -0.3 is 10.4 Å². The van der Waals surface area contributed by atoms with Crippen LogP contribution in [0.15, 0.2) is 22.7 Å². The molecule has 6 heteroatoms. The zero-order chi connectivity index (χ0) is 14.6. The molecule has 0 aliphatic carbocycles. The minimum absolute atomic E-state index is 0.261. The van der Waals surface area contributed by atoms with Crippen LogP contribution in [-0.2, 0) is 4.79 Å². The standard InChI is InChI=1S/C13H15BrClNO3/c1-3-13(4-2,12(18)19)16-11(17)9-6-5-8(14)7-10(9)15/h5-7H,3-4H2,1-2H3,(H,16,17)(H,18,19). The lowest BCUT2D eigenvalue weighted by atomic mass is 9.92. The maximum atomic E-state index is 12.1. The topological polar surface area (TPSA) is 66.4 Å². The van der Waals surface area contributed by atoms with Gasteiger partial charge in [0.25, 0.3) is 5.91 Å². The van der Waals surface area contributed by atoms with Crippen molar-refractivity contribution in [1.82, 2.24) is 5.32 Å². The fourth-order valence-electron chi connectivity index (χ4n) is 1.74. The van der Waals surface area contributed by atoms with Crippen molar-refractivity contribution in [2.75, 3.05) is 0 Å². The number of amides is 1. The highest BCUT2D eigenvalue weighted by Crippen LogP contribution is 2.23. The molecule has 0 heterocycles. The highest BCUT2D eigenvalue weighted by atomic mass is 79.9. The van der Waals surface area contributed by atoms with E-state index in [2.05, 4.69) is 21.2 Å². The number of carbonyl (C=O) groups excluding carboxylic acids is 1. The molecule has 1 amide bonds. The molecule has 0 bridgehead atoms. The fraction of sp³-hybridized carbons (Fsp3) is 0.385. The smallest absolute Gasteiger partial charge is 0.329 e. The summed E-state index contributed by atoms with van der Waals surface area (Å²) < 4.78 is 0.754. The van der Waals surface area contributed by atoms with Crippen LogP contribution in [0.3, 0.4) is 0 Å². The average molecular weight is 349 g/mol. The van der Waals surface area contributed by atoms with Crippen LogP contribution in [0.1, 0.15) is 37.0 Å². The number of rotatable bonds is 5. The first-order valence-electron chi connectivity index (χ1n) is 5.87. The van der Waals surface area contributed by atoms with E-state index in [4.69, 9.17) is 11.6 Å². The second kappa shape index (κ2) is 6.39. The van der Waals surface area contributed by atoms with Gasteiger partial charge in [-0.25, -0.2) is 4.79 Å². The molecular formula is C13H15BrClNO3. The third-order valence-electron chi connectivity index (χ3n) is 3.15. The normalized spacial score (nSPS) is 11.2. The lowest BCUT2D eigenvalue weighted by molar-refractivity contribution is -0.144. The Morgan fingerprint density at radius 3 is 2.37 bits per heavy atom. The number of benzene rings is 1. The van der Waals surface area contributed by atoms with E-state index in [1.54, 1.807) is 32.0 Å². The van der Waals surface area contributed by atoms with Gasteiger partial charge in [-0.05, 0) is 31.0 Å². The van der Waals surface area contributed by atoms with E-state index < -0.39 is 17.4 Å². The molecule has 0 spiro atoms. The Morgan fingerprint density at radius 1 is 1.37 bits per heavy atom. The number of halogens is 2. The molecule has 2 N–H and O–H groups in total. The first-order chi connectivity index (χ1) is 8.86. The van der Waals surface area contributed by atoms with E-state index in [0.717, 1.165) is 4.47 Å². The maximum Gasteiger partial charge on any atom is 0.329 e. The highest BCUT2D eigenvalue weighted by Gasteiger charge is 2.36. The molecule has 4 nitrogen and oxygen atoms in total. The third kappa shape index (κ3) is 3.48. The van der Waals surface area contributed by atoms with Crippen LogP contribution in [0.5, 0.6) is 0 Å². The molecule has 0 aliphatic rings. The van der Waals surface area contributed by atoms with Crippen LogP contribution in [0.25, 0.3) is 0 Å². The van der Waals surface area contributed by atoms with Crippen molar-refractivity contribution >= 4 is 39.4 Å². The van der Waals surface area contributed by atoms with Crippen molar-refractivity contribution in [1.29, 1.82) is 0 Å². The summed E-state index contributed by atoms with van der Waals surface area (Å²) in [6.45, 7) is 3.45. The fourth-order valence-corrected chi connectivity index (χ4v) is 2.50. The molecular weight excluding hydrogens is 334 g/mol. The Kier molecular flexibility index (Phi) is 5.38. The van der Waals surface area contributed by atoms with E-state index in [9.17, 15) is 14.7 Å². The number of carbonyl (C=O) groups is 2. The van der Waals surface area contributed by atoms with Crippen LogP contribution in [0.2, 0.25) is 5.02 Å². The molecule has 0 radical (unpaired) electrons. The van der Waals surface area contributed by atoms with E-state index in [-0.39, 0.29) is 10.6 Å². The van der Waals surface area contributed by atoms with Crippen molar-refractivity contribution in [3.63, 3.8) is 0 Å². The zero-order valence-corrected chi connectivity index (χ0v) is 13.0. The molecule has 104 valence electrons. The number of nitrogens with one attached hydrogen (secondary N) is 1. The van der Waals surface area contributed by atoms with E-state index in [0.29, 0.717) is 12.8 Å². The summed E-state index contributed by atoms with van der Waals surface area (Å²) in [7, 11) is 0. The lowest BCUT2D eigenvalue weighted by Crippen LogP contribution is -2.53. The Balaban J connectivity index is 3.04. The van der Waals surface area contributed by atoms with Crippen molar-refractivity contribution in [3.05, 3.63) is 33.3 Å². The second-order valence-corrected chi connectivity index (χ2v) is 5.50. The summed E-state index contributed by atoms with van der Waals surface area (Å²) >= 11 is 9.23. The van der Waals surface area contributed by atoms with Gasteiger partial charge >= 0.3 is 5.97 Å². The van der Waals surface area contributed by atoms with E-state index in [1.807, 2.05) is 0 Å². The van der Waals surface area contributed by atoms with Gasteiger partial charge in [0.1, 0.15) is 5.54 Å². The van der Waals surface area contributed by atoms with Gasteiger partial charge in [-0.3, -0.25) is 4.79 Å². The Bertz CT molecular complexity index is 501. The Morgan fingerprint density at radius 2 is 1.95 bits per heavy atom. The molecule has 0 unspecified atom stereocenters. The first kappa shape index (κ1) is 16.0. The Hall–Kier alpha value is -1.07. The molecule has 0 saturated heterocycles. The summed E-state index contributed by atoms with van der Waals surface area (Å²) in [4.78, 5) is 23.5. The molecule has 0 atom stereocenters. The number of carboxylic acid groups (broad SMARTS) is 1. The second-order valence-electron chi connectivity index (χ2n) is 4.17. The highest BCUT2D eigenvalue weighted by molar-refractivity contribution is 9.10. The summed E-state index contributed by atoms with van der Waals surface area (Å²) in [5, 5.41) is 12.1. The summed E-state index contributed by atoms with van der Waals surface area (Å²) in [5.41, 5.74) is -0.995. The molecule has 1 aromatic carbocycles. The quantitative estimate of drug-likeness (QED) is 0.856. The minimum atomic E-state index is -1.26. The average Bonchev–Trinajstić information content (AvgIpc) is 2.35. The van der Waals surface area contributed by atoms with Crippen molar-refractivity contribution < 1.29 is 14.7 Å². The summed E-state index contributed by atoms with van der Waals surface area (Å²) in [6, 6.07) is 4.83. The SMILES string of the molecule is CCC(CC)(NC(=O)c1ccc(Br)cc1Cl)C(=O)O. The summed E-state index contributed by atoms with van der Waals surface area (Å²) in [6.07, 6.45) is 0.609. The van der Waals surface area contributed by atoms with Crippen molar-refractivity contribution in [2.24, 2.45) is 0 Å². The number of hydrogen-bond donors (Lipinski definition) is 2. The zero-order valence-electron chi connectivity index (χ0n) is 10.7. The van der Waals surface area contributed by atoms with Crippen LogP contribution in [-0.4, -0.2) is 22.5 Å². The number of hydrogen-bond acceptors (Lipinski definition) is 2. The molecule has 1 aromatic rings. The third-order valence-corrected chi connectivity index (χ3v) is 3.95. The predicted octanol–water partition coefficient (Wildman–Crippen LogP) is 3.48. The largest absolute Gasteiger partial charge is 0.480 e. The molecule has 0 fully saturated rings.